The van der Waals surface area contributed by atoms with Crippen molar-refractivity contribution in [3.63, 3.8) is 0 Å². The molecule has 6 saturated carbocycles. The number of nitrogens with zero attached hydrogens (tertiary/aromatic N) is 3. The van der Waals surface area contributed by atoms with Crippen molar-refractivity contribution in [3.05, 3.63) is 113 Å². The van der Waals surface area contributed by atoms with E-state index in [0.29, 0.717) is 36.1 Å². The molecule has 9 aliphatic rings. The van der Waals surface area contributed by atoms with Gasteiger partial charge in [0, 0.05) is 36.8 Å². The van der Waals surface area contributed by atoms with Crippen LogP contribution >= 0.6 is 0 Å². The third-order valence-corrected chi connectivity index (χ3v) is 21.6. The molecule has 0 spiro atoms. The molecule has 8 heteroatoms. The minimum Gasteiger partial charge on any atom is -0.497 e. The molecule has 3 saturated heterocycles. The van der Waals surface area contributed by atoms with Gasteiger partial charge in [0.05, 0.1) is 21.3 Å². The highest BCUT2D eigenvalue weighted by Gasteiger charge is 2.45. The minimum absolute atomic E-state index is 0.386. The number of ether oxygens (including phenoxy) is 3. The summed E-state index contributed by atoms with van der Waals surface area (Å²) >= 11 is 0. The van der Waals surface area contributed by atoms with Gasteiger partial charge >= 0.3 is 0 Å². The van der Waals surface area contributed by atoms with Crippen molar-refractivity contribution in [1.82, 2.24) is 14.7 Å². The molecule has 76 heavy (non-hydrogen) atoms. The summed E-state index contributed by atoms with van der Waals surface area (Å²) in [6, 6.07) is 30.8. The summed E-state index contributed by atoms with van der Waals surface area (Å²) < 4.78 is 45.3. The van der Waals surface area contributed by atoms with Crippen molar-refractivity contribution in [2.45, 2.75) is 184 Å². The quantitative estimate of drug-likeness (QED) is 0.158. The summed E-state index contributed by atoms with van der Waals surface area (Å²) in [5.74, 6) is 9.35. The Morgan fingerprint density at radius 3 is 1.80 bits per heavy atom. The molecular weight excluding hydrogens is 945 g/mol. The van der Waals surface area contributed by atoms with Crippen molar-refractivity contribution in [2.24, 2.45) is 35.5 Å². The zero-order valence-corrected chi connectivity index (χ0v) is 47.1. The maximum atomic E-state index is 15.7. The van der Waals surface area contributed by atoms with E-state index in [0.717, 1.165) is 78.1 Å². The summed E-state index contributed by atoms with van der Waals surface area (Å²) in [5.41, 5.74) is 6.11. The van der Waals surface area contributed by atoms with Gasteiger partial charge in [-0.1, -0.05) is 81.0 Å². The molecule has 9 atom stereocenters. The van der Waals surface area contributed by atoms with Crippen LogP contribution in [-0.2, 0) is 5.67 Å². The lowest BCUT2D eigenvalue weighted by Gasteiger charge is -2.43. The smallest absolute Gasteiger partial charge is 0.142 e. The number of piperidine rings is 3. The molecule has 4 aromatic rings. The normalized spacial score (nSPS) is 30.8. The van der Waals surface area contributed by atoms with Crippen LogP contribution in [0, 0.1) is 48.2 Å². The predicted octanol–water partition coefficient (Wildman–Crippen LogP) is 15.9. The van der Waals surface area contributed by atoms with E-state index in [4.69, 9.17) is 14.2 Å². The standard InChI is InChI=1S/C25H31NO.C22H33NO.C21H29F2NO/c1-27-22-10-8-19(9-11-22)23-4-2-3-5-24(23)20-12-14-26(15-13-20)25-17-18-6-7-21(25)16-18;1-16-13-21(24-2)7-8-22(16)19-9-11-23(12-10-19)20-6-5-17-3-4-18(14-17)15-20;1-25-20-8-7-17(22)14-18(20)21(23)9-11-24(12-10-21)19-4-2-3-15-5-6-16(19)13-15/h2-5,8-11,18,20-21,25H,6-7,12-17H2,1H3;7-8,13,17-20H,3-6,9-12,14-15H2,1-2H3;7-8,14-16,19H,2-6,9-13H2,1H3/t18-,21-,25-;17-,18+,20?;/m01./s1. The molecule has 6 nitrogen and oxygen atoms in total. The molecule has 3 heterocycles. The van der Waals surface area contributed by atoms with Crippen molar-refractivity contribution in [3.8, 4) is 28.4 Å². The van der Waals surface area contributed by atoms with Crippen molar-refractivity contribution in [2.75, 3.05) is 60.6 Å². The van der Waals surface area contributed by atoms with E-state index in [1.165, 1.54) is 196 Å². The second-order valence-corrected chi connectivity index (χ2v) is 25.7. The molecule has 3 aliphatic heterocycles. The summed E-state index contributed by atoms with van der Waals surface area (Å²) in [5, 5.41) is 0. The number of likely N-dealkylation sites (tertiary alicyclic amines) is 3. The summed E-state index contributed by atoms with van der Waals surface area (Å²) in [6.07, 6.45) is 29.3. The number of alkyl halides is 1. The summed E-state index contributed by atoms with van der Waals surface area (Å²) in [4.78, 5) is 8.22. The number of methoxy groups -OCH3 is 3. The van der Waals surface area contributed by atoms with E-state index >= 15 is 4.39 Å². The van der Waals surface area contributed by atoms with Gasteiger partial charge in [-0.25, -0.2) is 8.78 Å². The van der Waals surface area contributed by atoms with E-state index in [1.54, 1.807) is 25.8 Å². The highest BCUT2D eigenvalue weighted by molar-refractivity contribution is 5.68. The molecule has 0 N–H and O–H groups in total. The Morgan fingerprint density at radius 2 is 1.09 bits per heavy atom. The number of hydrogen-bond acceptors (Lipinski definition) is 6. The van der Waals surface area contributed by atoms with E-state index in [1.807, 2.05) is 0 Å². The molecule has 6 bridgehead atoms. The number of rotatable bonds is 10. The van der Waals surface area contributed by atoms with Crippen LogP contribution in [-0.4, -0.2) is 93.4 Å². The number of hydrogen-bond donors (Lipinski definition) is 0. The Hall–Kier alpha value is -3.98. The predicted molar refractivity (Wildman–Crippen MR) is 306 cm³/mol. The number of halogens is 2. The largest absolute Gasteiger partial charge is 0.497 e. The Morgan fingerprint density at radius 1 is 0.487 bits per heavy atom. The molecule has 412 valence electrons. The fourth-order valence-corrected chi connectivity index (χ4v) is 17.4. The first-order valence-corrected chi connectivity index (χ1v) is 30.8. The van der Waals surface area contributed by atoms with Crippen LogP contribution in [0.4, 0.5) is 8.78 Å². The molecular formula is C68H93F2N3O3. The van der Waals surface area contributed by atoms with Gasteiger partial charge in [-0.15, -0.1) is 0 Å². The van der Waals surface area contributed by atoms with Crippen LogP contribution in [0.5, 0.6) is 17.2 Å². The van der Waals surface area contributed by atoms with Gasteiger partial charge in [0.1, 0.15) is 28.7 Å². The van der Waals surface area contributed by atoms with E-state index in [-0.39, 0.29) is 0 Å². The van der Waals surface area contributed by atoms with Gasteiger partial charge in [0.25, 0.3) is 0 Å². The van der Waals surface area contributed by atoms with Crippen molar-refractivity contribution in [1.29, 1.82) is 0 Å². The van der Waals surface area contributed by atoms with Crippen LogP contribution < -0.4 is 14.2 Å². The average Bonchev–Trinajstić information content (AvgIpc) is 4.29. The highest BCUT2D eigenvalue weighted by Crippen LogP contribution is 2.50. The average molecular weight is 1040 g/mol. The Bertz CT molecular complexity index is 2490. The summed E-state index contributed by atoms with van der Waals surface area (Å²) in [7, 11) is 5.01. The highest BCUT2D eigenvalue weighted by atomic mass is 19.1. The monoisotopic (exact) mass is 1040 g/mol. The minimum atomic E-state index is -1.48. The number of fused-ring (bicyclic) bond motifs is 6. The number of aryl methyl sites for hydroxylation is 1. The van der Waals surface area contributed by atoms with E-state index < -0.39 is 11.5 Å². The first-order chi connectivity index (χ1) is 37.1. The van der Waals surface area contributed by atoms with Gasteiger partial charge in [-0.05, 0) is 253 Å². The molecule has 4 aromatic carbocycles. The second-order valence-electron chi connectivity index (χ2n) is 25.7. The lowest BCUT2D eigenvalue weighted by molar-refractivity contribution is 0.0181. The van der Waals surface area contributed by atoms with Crippen LogP contribution in [0.15, 0.2) is 84.9 Å². The van der Waals surface area contributed by atoms with Gasteiger partial charge in [0.2, 0.25) is 0 Å². The SMILES string of the molecule is COc1ccc(-c2ccccc2C2CCN([C@H]3C[C@H]4CC[C@H]3C4)CC2)cc1.COc1ccc(C2CCN(C3CC[C@H]4CC[C@H](C3)C4)CC2)c(C)c1.COc1ccc(F)cc1C1(F)CCN(C2CCCC3CCC2C3)CC1. The Labute approximate surface area is 457 Å². The summed E-state index contributed by atoms with van der Waals surface area (Å²) in [6.45, 7) is 8.96. The Balaban J connectivity index is 0.000000122. The van der Waals surface area contributed by atoms with Gasteiger partial charge in [0.15, 0.2) is 0 Å². The maximum Gasteiger partial charge on any atom is 0.142 e. The van der Waals surface area contributed by atoms with Gasteiger partial charge in [-0.3, -0.25) is 4.90 Å². The molecule has 0 radical (unpaired) electrons. The zero-order chi connectivity index (χ0) is 52.2. The molecule has 4 unspecified atom stereocenters. The van der Waals surface area contributed by atoms with Gasteiger partial charge < -0.3 is 24.0 Å². The molecule has 9 fully saturated rings. The van der Waals surface area contributed by atoms with Crippen molar-refractivity contribution >= 4 is 0 Å². The topological polar surface area (TPSA) is 37.4 Å². The molecule has 13 rings (SSSR count). The van der Waals surface area contributed by atoms with Crippen LogP contribution in [0.25, 0.3) is 11.1 Å². The molecule has 6 aliphatic carbocycles. The lowest BCUT2D eigenvalue weighted by Crippen LogP contribution is -2.47. The van der Waals surface area contributed by atoms with Crippen LogP contribution in [0.1, 0.15) is 175 Å². The molecule has 0 aromatic heterocycles. The second kappa shape index (κ2) is 24.6. The van der Waals surface area contributed by atoms with Crippen LogP contribution in [0.3, 0.4) is 0 Å². The third kappa shape index (κ3) is 12.2. The zero-order valence-electron chi connectivity index (χ0n) is 47.1. The van der Waals surface area contributed by atoms with E-state index in [2.05, 4.69) is 88.4 Å². The fourth-order valence-electron chi connectivity index (χ4n) is 17.4. The van der Waals surface area contributed by atoms with Crippen molar-refractivity contribution < 1.29 is 23.0 Å². The Kier molecular flexibility index (Phi) is 17.5. The van der Waals surface area contributed by atoms with E-state index in [9.17, 15) is 4.39 Å². The number of benzene rings is 4. The lowest BCUT2D eigenvalue weighted by atomic mass is 9.83. The van der Waals surface area contributed by atoms with Gasteiger partial charge in [-0.2, -0.15) is 0 Å². The fraction of sp³-hybridized carbons (Fsp3) is 0.647. The first-order valence-electron chi connectivity index (χ1n) is 30.8. The van der Waals surface area contributed by atoms with Crippen LogP contribution in [0.2, 0.25) is 0 Å². The maximum absolute atomic E-state index is 15.7. The molecule has 0 amide bonds. The third-order valence-electron chi connectivity index (χ3n) is 21.6. The first kappa shape index (κ1) is 54.0.